The second kappa shape index (κ2) is 9.07. The zero-order chi connectivity index (χ0) is 18.1. The maximum Gasteiger partial charge on any atom is 0.212 e. The van der Waals surface area contributed by atoms with E-state index in [2.05, 4.69) is 15.6 Å². The molecule has 25 heavy (non-hydrogen) atoms. The predicted octanol–water partition coefficient (Wildman–Crippen LogP) is 2.39. The normalized spacial score (nSPS) is 14.0. The van der Waals surface area contributed by atoms with Crippen molar-refractivity contribution in [2.75, 3.05) is 6.54 Å². The number of nitrogens with zero attached hydrogens (tertiary/aromatic N) is 1. The highest BCUT2D eigenvalue weighted by atomic mass is 19.1. The first-order chi connectivity index (χ1) is 12.1. The van der Waals surface area contributed by atoms with Crippen molar-refractivity contribution in [1.82, 2.24) is 15.6 Å². The Kier molecular flexibility index (Phi) is 6.53. The highest BCUT2D eigenvalue weighted by Gasteiger charge is 2.11. The number of amides is 1. The number of carbonyl (C=O) groups is 1. The molecule has 0 aromatic carbocycles. The quantitative estimate of drug-likeness (QED) is 0.348. The summed E-state index contributed by atoms with van der Waals surface area (Å²) >= 11 is 0. The third-order valence-corrected chi connectivity index (χ3v) is 3.34. The molecule has 1 amide bonds. The van der Waals surface area contributed by atoms with Crippen LogP contribution < -0.4 is 10.6 Å². The highest BCUT2D eigenvalue weighted by Crippen LogP contribution is 2.15. The molecule has 0 saturated heterocycles. The number of amidine groups is 1. The minimum absolute atomic E-state index is 0.0614. The molecule has 0 spiro atoms. The molecule has 1 aliphatic carbocycles. The van der Waals surface area contributed by atoms with Gasteiger partial charge in [-0.3, -0.25) is 20.6 Å². The molecule has 2 rings (SSSR count). The molecule has 1 aromatic heterocycles. The number of hydrogen-bond acceptors (Lipinski definition) is 5. The van der Waals surface area contributed by atoms with E-state index in [0.717, 1.165) is 0 Å². The number of allylic oxidation sites excluding steroid dienone is 5. The summed E-state index contributed by atoms with van der Waals surface area (Å²) in [6.07, 6.45) is 10.5. The van der Waals surface area contributed by atoms with Crippen LogP contribution in [0.3, 0.4) is 0 Å². The molecule has 4 N–H and O–H groups in total. The summed E-state index contributed by atoms with van der Waals surface area (Å²) < 4.78 is 14.0. The number of pyridine rings is 1. The lowest BCUT2D eigenvalue weighted by molar-refractivity contribution is -0.108. The molecule has 1 aromatic rings. The van der Waals surface area contributed by atoms with Crippen LogP contribution in [0.4, 0.5) is 4.39 Å². The Morgan fingerprint density at radius 2 is 2.20 bits per heavy atom. The minimum atomic E-state index is -0.341. The van der Waals surface area contributed by atoms with Crippen LogP contribution in [0.1, 0.15) is 12.1 Å². The van der Waals surface area contributed by atoms with Gasteiger partial charge >= 0.3 is 0 Å². The van der Waals surface area contributed by atoms with Crippen LogP contribution in [0.25, 0.3) is 0 Å². The van der Waals surface area contributed by atoms with E-state index >= 15 is 0 Å². The third kappa shape index (κ3) is 5.35. The molecular formula is C18H18FN5O. The summed E-state index contributed by atoms with van der Waals surface area (Å²) in [7, 11) is 0. The van der Waals surface area contributed by atoms with E-state index in [1.807, 2.05) is 6.08 Å². The Hall–Kier alpha value is -3.35. The summed E-state index contributed by atoms with van der Waals surface area (Å²) in [4.78, 5) is 14.7. The first-order valence-corrected chi connectivity index (χ1v) is 7.58. The molecule has 1 aliphatic rings. The van der Waals surface area contributed by atoms with Crippen molar-refractivity contribution in [2.45, 2.75) is 6.42 Å². The van der Waals surface area contributed by atoms with Gasteiger partial charge in [0.1, 0.15) is 11.7 Å². The van der Waals surface area contributed by atoms with Crippen LogP contribution in [-0.2, 0) is 4.79 Å². The van der Waals surface area contributed by atoms with Crippen LogP contribution in [-0.4, -0.2) is 29.5 Å². The topological polar surface area (TPSA) is 102 Å². The summed E-state index contributed by atoms with van der Waals surface area (Å²) in [5.41, 5.74) is 1.09. The molecule has 0 radical (unpaired) electrons. The molecule has 0 unspecified atom stereocenters. The highest BCUT2D eigenvalue weighted by molar-refractivity contribution is 6.11. The summed E-state index contributed by atoms with van der Waals surface area (Å²) in [6, 6.07) is 5.14. The van der Waals surface area contributed by atoms with Gasteiger partial charge < -0.3 is 10.6 Å². The van der Waals surface area contributed by atoms with E-state index in [-0.39, 0.29) is 29.6 Å². The zero-order valence-corrected chi connectivity index (χ0v) is 13.4. The number of rotatable bonds is 7. The van der Waals surface area contributed by atoms with Gasteiger partial charge in [0.05, 0.1) is 17.1 Å². The lowest BCUT2D eigenvalue weighted by atomic mass is 10.1. The van der Waals surface area contributed by atoms with Crippen molar-refractivity contribution in [3.05, 3.63) is 77.6 Å². The predicted molar refractivity (Wildman–Crippen MR) is 95.1 cm³/mol. The van der Waals surface area contributed by atoms with E-state index in [1.165, 1.54) is 12.2 Å². The summed E-state index contributed by atoms with van der Waals surface area (Å²) in [5, 5.41) is 21.1. The van der Waals surface area contributed by atoms with Gasteiger partial charge in [-0.2, -0.15) is 0 Å². The molecule has 128 valence electrons. The van der Waals surface area contributed by atoms with Gasteiger partial charge in [-0.1, -0.05) is 24.3 Å². The molecule has 0 fully saturated rings. The first-order valence-electron chi connectivity index (χ1n) is 7.58. The molecule has 1 heterocycles. The van der Waals surface area contributed by atoms with Crippen molar-refractivity contribution in [3.8, 4) is 0 Å². The van der Waals surface area contributed by atoms with Crippen molar-refractivity contribution in [3.63, 3.8) is 0 Å². The average molecular weight is 339 g/mol. The smallest absolute Gasteiger partial charge is 0.212 e. The number of hydrogen-bond donors (Lipinski definition) is 4. The van der Waals surface area contributed by atoms with Crippen LogP contribution >= 0.6 is 0 Å². The standard InChI is InChI=1S/C18H18FN5O/c19-14-7-3-1-2-6-13(14)11-23-17(18(21)24-12-25)10-15(20)16-8-4-5-9-22-16/h1-2,4-10,12,20,23H,3,11H2,(H2,21,24,25)/b17-10-,20-15?. The summed E-state index contributed by atoms with van der Waals surface area (Å²) in [6.45, 7) is 0.108. The van der Waals surface area contributed by atoms with Crippen LogP contribution in [0, 0.1) is 10.8 Å². The summed E-state index contributed by atoms with van der Waals surface area (Å²) in [5.74, 6) is -0.559. The number of halogens is 1. The Morgan fingerprint density at radius 1 is 1.36 bits per heavy atom. The fraction of sp³-hybridized carbons (Fsp3) is 0.111. The van der Waals surface area contributed by atoms with Gasteiger partial charge in [0.15, 0.2) is 0 Å². The molecule has 0 atom stereocenters. The fourth-order valence-electron chi connectivity index (χ4n) is 2.07. The minimum Gasteiger partial charge on any atom is -0.378 e. The lowest BCUT2D eigenvalue weighted by Gasteiger charge is -2.13. The van der Waals surface area contributed by atoms with Crippen molar-refractivity contribution in [1.29, 1.82) is 10.8 Å². The largest absolute Gasteiger partial charge is 0.378 e. The van der Waals surface area contributed by atoms with Crippen molar-refractivity contribution >= 4 is 18.0 Å². The second-order valence-corrected chi connectivity index (χ2v) is 5.09. The van der Waals surface area contributed by atoms with E-state index in [9.17, 15) is 9.18 Å². The Labute approximate surface area is 144 Å². The van der Waals surface area contributed by atoms with Gasteiger partial charge in [-0.15, -0.1) is 0 Å². The molecular weight excluding hydrogens is 321 g/mol. The van der Waals surface area contributed by atoms with Gasteiger partial charge in [0.25, 0.3) is 0 Å². The fourth-order valence-corrected chi connectivity index (χ4v) is 2.07. The molecule has 0 aliphatic heterocycles. The third-order valence-electron chi connectivity index (χ3n) is 3.34. The van der Waals surface area contributed by atoms with Crippen LogP contribution in [0.2, 0.25) is 0 Å². The average Bonchev–Trinajstić information content (AvgIpc) is 2.83. The lowest BCUT2D eigenvalue weighted by Crippen LogP contribution is -2.32. The van der Waals surface area contributed by atoms with Gasteiger partial charge in [0.2, 0.25) is 6.41 Å². The molecule has 0 saturated carbocycles. The van der Waals surface area contributed by atoms with E-state index in [0.29, 0.717) is 24.1 Å². The maximum atomic E-state index is 14.0. The maximum absolute atomic E-state index is 14.0. The van der Waals surface area contributed by atoms with Crippen LogP contribution in [0.5, 0.6) is 0 Å². The molecule has 0 bridgehead atoms. The van der Waals surface area contributed by atoms with E-state index in [4.69, 9.17) is 10.8 Å². The van der Waals surface area contributed by atoms with E-state index < -0.39 is 0 Å². The first kappa shape index (κ1) is 18.0. The zero-order valence-electron chi connectivity index (χ0n) is 13.4. The Morgan fingerprint density at radius 3 is 2.92 bits per heavy atom. The SMILES string of the molecule is N=C(NC=O)/C(=C/C(=N)c1ccccn1)NCC1=CC=CCC=C1F. The molecule has 6 nitrogen and oxygen atoms in total. The number of aromatic nitrogens is 1. The Balaban J connectivity index is 2.18. The van der Waals surface area contributed by atoms with Crippen molar-refractivity contribution < 1.29 is 9.18 Å². The van der Waals surface area contributed by atoms with Gasteiger partial charge in [-0.25, -0.2) is 4.39 Å². The van der Waals surface area contributed by atoms with Gasteiger partial charge in [0, 0.05) is 18.3 Å². The van der Waals surface area contributed by atoms with Gasteiger partial charge in [-0.05, 0) is 30.7 Å². The Bertz CT molecular complexity index is 778. The number of nitrogens with one attached hydrogen (secondary N) is 4. The van der Waals surface area contributed by atoms with E-state index in [1.54, 1.807) is 36.5 Å². The number of carbonyl (C=O) groups excluding carboxylic acids is 1. The van der Waals surface area contributed by atoms with Crippen LogP contribution in [0.15, 0.2) is 71.9 Å². The second-order valence-electron chi connectivity index (χ2n) is 5.09. The monoisotopic (exact) mass is 339 g/mol. The molecule has 7 heteroatoms. The van der Waals surface area contributed by atoms with Crippen molar-refractivity contribution in [2.24, 2.45) is 0 Å².